The van der Waals surface area contributed by atoms with E-state index in [4.69, 9.17) is 45.6 Å². The number of nitrogen functional groups attached to an aromatic ring is 1. The van der Waals surface area contributed by atoms with Crippen molar-refractivity contribution in [2.75, 3.05) is 11.1 Å². The zero-order valence-corrected chi connectivity index (χ0v) is 12.1. The molecule has 0 radical (unpaired) electrons. The van der Waals surface area contributed by atoms with Crippen molar-refractivity contribution in [2.24, 2.45) is 0 Å². The fourth-order valence-corrected chi connectivity index (χ4v) is 2.03. The summed E-state index contributed by atoms with van der Waals surface area (Å²) in [5.74, 6) is -0.988. The van der Waals surface area contributed by atoms with E-state index in [1.807, 2.05) is 0 Å². The SMILES string of the molecule is Nc1ccc(C(=O)O)nc1Nc1cc(Cl)c(Cl)cc1Cl. The van der Waals surface area contributed by atoms with Gasteiger partial charge in [-0.05, 0) is 24.3 Å². The second-order valence-corrected chi connectivity index (χ2v) is 5.03. The Hall–Kier alpha value is -1.69. The van der Waals surface area contributed by atoms with Crippen LogP contribution in [0, 0.1) is 0 Å². The van der Waals surface area contributed by atoms with Crippen LogP contribution in [-0.2, 0) is 0 Å². The Morgan fingerprint density at radius 1 is 1.15 bits per heavy atom. The molecule has 1 aromatic heterocycles. The molecule has 0 bridgehead atoms. The Labute approximate surface area is 129 Å². The van der Waals surface area contributed by atoms with Gasteiger partial charge in [-0.1, -0.05) is 34.8 Å². The summed E-state index contributed by atoms with van der Waals surface area (Å²) < 4.78 is 0. The van der Waals surface area contributed by atoms with E-state index in [-0.39, 0.29) is 17.2 Å². The zero-order chi connectivity index (χ0) is 14.9. The minimum Gasteiger partial charge on any atom is -0.477 e. The van der Waals surface area contributed by atoms with Crippen LogP contribution in [0.4, 0.5) is 17.2 Å². The number of aromatic nitrogens is 1. The molecule has 0 aliphatic rings. The summed E-state index contributed by atoms with van der Waals surface area (Å²) in [6.45, 7) is 0. The average molecular weight is 333 g/mol. The Morgan fingerprint density at radius 3 is 2.45 bits per heavy atom. The fraction of sp³-hybridized carbons (Fsp3) is 0. The molecule has 0 aliphatic carbocycles. The lowest BCUT2D eigenvalue weighted by molar-refractivity contribution is 0.0690. The fourth-order valence-electron chi connectivity index (χ4n) is 1.44. The monoisotopic (exact) mass is 331 g/mol. The largest absolute Gasteiger partial charge is 0.477 e. The predicted octanol–water partition coefficient (Wildman–Crippen LogP) is 4.07. The molecule has 1 heterocycles. The highest BCUT2D eigenvalue weighted by Crippen LogP contribution is 2.34. The third-order valence-electron chi connectivity index (χ3n) is 2.41. The number of hydrogen-bond donors (Lipinski definition) is 3. The van der Waals surface area contributed by atoms with Crippen LogP contribution in [0.3, 0.4) is 0 Å². The lowest BCUT2D eigenvalue weighted by Crippen LogP contribution is -2.06. The van der Waals surface area contributed by atoms with E-state index in [0.717, 1.165) is 0 Å². The summed E-state index contributed by atoms with van der Waals surface area (Å²) in [5, 5.41) is 12.6. The number of nitrogens with one attached hydrogen (secondary N) is 1. The highest BCUT2D eigenvalue weighted by molar-refractivity contribution is 6.44. The molecule has 0 fully saturated rings. The van der Waals surface area contributed by atoms with E-state index in [1.165, 1.54) is 24.3 Å². The van der Waals surface area contributed by atoms with Crippen molar-refractivity contribution in [3.8, 4) is 0 Å². The lowest BCUT2D eigenvalue weighted by atomic mass is 10.3. The van der Waals surface area contributed by atoms with Gasteiger partial charge in [-0.3, -0.25) is 0 Å². The molecule has 0 saturated heterocycles. The molecular weight excluding hydrogens is 325 g/mol. The summed E-state index contributed by atoms with van der Waals surface area (Å²) in [6.07, 6.45) is 0. The highest BCUT2D eigenvalue weighted by atomic mass is 35.5. The molecule has 4 N–H and O–H groups in total. The van der Waals surface area contributed by atoms with Gasteiger partial charge in [-0.2, -0.15) is 0 Å². The van der Waals surface area contributed by atoms with Crippen molar-refractivity contribution in [1.29, 1.82) is 0 Å². The number of anilines is 3. The maximum atomic E-state index is 10.9. The minimum atomic E-state index is -1.16. The van der Waals surface area contributed by atoms with Gasteiger partial charge < -0.3 is 16.2 Å². The standard InChI is InChI=1S/C12H8Cl3N3O2/c13-5-3-7(15)10(4-6(5)14)18-11-8(16)1-2-9(17-11)12(19)20/h1-4H,16H2,(H,17,18)(H,19,20). The molecule has 0 saturated carbocycles. The van der Waals surface area contributed by atoms with Crippen LogP contribution in [0.2, 0.25) is 15.1 Å². The van der Waals surface area contributed by atoms with Crippen LogP contribution >= 0.6 is 34.8 Å². The predicted molar refractivity (Wildman–Crippen MR) is 80.4 cm³/mol. The summed E-state index contributed by atoms with van der Waals surface area (Å²) in [4.78, 5) is 14.8. The second-order valence-electron chi connectivity index (χ2n) is 3.81. The maximum Gasteiger partial charge on any atom is 0.354 e. The minimum absolute atomic E-state index is 0.141. The molecule has 0 atom stereocenters. The second kappa shape index (κ2) is 5.75. The molecular formula is C12H8Cl3N3O2. The van der Waals surface area contributed by atoms with Crippen LogP contribution in [-0.4, -0.2) is 16.1 Å². The third kappa shape index (κ3) is 3.07. The Balaban J connectivity index is 2.42. The first-order chi connectivity index (χ1) is 9.38. The normalized spacial score (nSPS) is 10.3. The van der Waals surface area contributed by atoms with E-state index in [0.29, 0.717) is 20.8 Å². The number of carbonyl (C=O) groups is 1. The quantitative estimate of drug-likeness (QED) is 0.737. The molecule has 0 amide bonds. The summed E-state index contributed by atoms with van der Waals surface area (Å²) in [5.41, 5.74) is 6.29. The number of rotatable bonds is 3. The topological polar surface area (TPSA) is 88.2 Å². The molecule has 1 aromatic carbocycles. The van der Waals surface area contributed by atoms with Gasteiger partial charge in [0.1, 0.15) is 0 Å². The molecule has 5 nitrogen and oxygen atoms in total. The molecule has 2 aromatic rings. The Kier molecular flexibility index (Phi) is 4.23. The highest BCUT2D eigenvalue weighted by Gasteiger charge is 2.11. The van der Waals surface area contributed by atoms with E-state index < -0.39 is 5.97 Å². The van der Waals surface area contributed by atoms with Crippen molar-refractivity contribution in [1.82, 2.24) is 4.98 Å². The Morgan fingerprint density at radius 2 is 1.80 bits per heavy atom. The van der Waals surface area contributed by atoms with Gasteiger partial charge in [0.15, 0.2) is 11.5 Å². The first-order valence-corrected chi connectivity index (χ1v) is 6.43. The first-order valence-electron chi connectivity index (χ1n) is 5.30. The van der Waals surface area contributed by atoms with Crippen LogP contribution in [0.25, 0.3) is 0 Å². The van der Waals surface area contributed by atoms with Gasteiger partial charge in [0.25, 0.3) is 0 Å². The van der Waals surface area contributed by atoms with Gasteiger partial charge >= 0.3 is 5.97 Å². The van der Waals surface area contributed by atoms with Crippen LogP contribution < -0.4 is 11.1 Å². The molecule has 2 rings (SSSR count). The third-order valence-corrected chi connectivity index (χ3v) is 3.44. The van der Waals surface area contributed by atoms with Gasteiger partial charge in [0.05, 0.1) is 26.4 Å². The number of pyridine rings is 1. The van der Waals surface area contributed by atoms with Gasteiger partial charge in [-0.25, -0.2) is 9.78 Å². The van der Waals surface area contributed by atoms with Gasteiger partial charge in [0.2, 0.25) is 0 Å². The van der Waals surface area contributed by atoms with Gasteiger partial charge in [-0.15, -0.1) is 0 Å². The van der Waals surface area contributed by atoms with Crippen LogP contribution in [0.1, 0.15) is 10.5 Å². The molecule has 0 unspecified atom stereocenters. The van der Waals surface area contributed by atoms with E-state index in [1.54, 1.807) is 0 Å². The number of nitrogens with two attached hydrogens (primary N) is 1. The van der Waals surface area contributed by atoms with Crippen molar-refractivity contribution in [3.05, 3.63) is 45.0 Å². The zero-order valence-electron chi connectivity index (χ0n) is 9.82. The Bertz CT molecular complexity index is 692. The molecule has 0 aliphatic heterocycles. The number of aromatic carboxylic acids is 1. The lowest BCUT2D eigenvalue weighted by Gasteiger charge is -2.11. The van der Waals surface area contributed by atoms with E-state index in [2.05, 4.69) is 10.3 Å². The number of hydrogen-bond acceptors (Lipinski definition) is 4. The van der Waals surface area contributed by atoms with Crippen molar-refractivity contribution in [3.63, 3.8) is 0 Å². The van der Waals surface area contributed by atoms with Crippen molar-refractivity contribution in [2.45, 2.75) is 0 Å². The number of nitrogens with zero attached hydrogens (tertiary/aromatic N) is 1. The summed E-state index contributed by atoms with van der Waals surface area (Å²) >= 11 is 17.7. The summed E-state index contributed by atoms with van der Waals surface area (Å²) in [7, 11) is 0. The van der Waals surface area contributed by atoms with Crippen molar-refractivity contribution < 1.29 is 9.90 Å². The van der Waals surface area contributed by atoms with E-state index >= 15 is 0 Å². The maximum absolute atomic E-state index is 10.9. The smallest absolute Gasteiger partial charge is 0.354 e. The number of carboxylic acid groups (broad SMARTS) is 1. The van der Waals surface area contributed by atoms with E-state index in [9.17, 15) is 4.79 Å². The number of benzene rings is 1. The first kappa shape index (κ1) is 14.7. The number of carboxylic acids is 1. The molecule has 20 heavy (non-hydrogen) atoms. The van der Waals surface area contributed by atoms with Crippen LogP contribution in [0.15, 0.2) is 24.3 Å². The van der Waals surface area contributed by atoms with Crippen LogP contribution in [0.5, 0.6) is 0 Å². The van der Waals surface area contributed by atoms with Gasteiger partial charge in [0, 0.05) is 0 Å². The summed E-state index contributed by atoms with van der Waals surface area (Å²) in [6, 6.07) is 5.70. The number of halogens is 3. The van der Waals surface area contributed by atoms with Crippen molar-refractivity contribution >= 4 is 58.0 Å². The molecule has 0 spiro atoms. The average Bonchev–Trinajstić information content (AvgIpc) is 2.38. The molecule has 104 valence electrons. The molecule has 8 heteroatoms.